The molecule has 0 unspecified atom stereocenters. The summed E-state index contributed by atoms with van der Waals surface area (Å²) in [7, 11) is -1.50. The molecule has 0 aliphatic heterocycles. The second-order valence-corrected chi connectivity index (χ2v) is 8.28. The minimum Gasteiger partial charge on any atom is -0.423 e. The number of rotatable bonds is 4. The molecule has 0 radical (unpaired) electrons. The number of thiophene rings is 1. The van der Waals surface area contributed by atoms with Crippen molar-refractivity contribution < 1.29 is 10.0 Å². The molecule has 2 heterocycles. The monoisotopic (exact) mass is 409 g/mol. The fourth-order valence-electron chi connectivity index (χ4n) is 4.21. The molecule has 3 aromatic carbocycles. The van der Waals surface area contributed by atoms with Crippen LogP contribution in [0.15, 0.2) is 85.5 Å². The normalized spacial score (nSPS) is 12.7. The van der Waals surface area contributed by atoms with E-state index < -0.39 is 7.12 Å². The molecule has 2 N–H and O–H groups in total. The minimum absolute atomic E-state index is 0.489. The van der Waals surface area contributed by atoms with Gasteiger partial charge in [0.2, 0.25) is 0 Å². The lowest BCUT2D eigenvalue weighted by Crippen LogP contribution is -2.29. The van der Waals surface area contributed by atoms with E-state index in [0.29, 0.717) is 5.46 Å². The van der Waals surface area contributed by atoms with Crippen molar-refractivity contribution in [1.29, 1.82) is 0 Å². The molecule has 0 amide bonds. The molecular weight excluding hydrogens is 389 g/mol. The van der Waals surface area contributed by atoms with Gasteiger partial charge < -0.3 is 14.6 Å². The maximum Gasteiger partial charge on any atom is 0.488 e. The standard InChI is InChI=1S/C25H20BNO2S/c1-3-5-8-17(4-2)27-21-13-11-16(26(28)29)15-20(21)24-22(27)14-12-19-18-9-6-7-10-23(18)30-25(19)24/h3-15,28-29H,1H2,2H3/b8-5-,17-4+. The Kier molecular flexibility index (Phi) is 4.59. The van der Waals surface area contributed by atoms with E-state index in [1.165, 1.54) is 20.2 Å². The van der Waals surface area contributed by atoms with E-state index in [-0.39, 0.29) is 0 Å². The average molecular weight is 409 g/mol. The molecule has 0 bridgehead atoms. The van der Waals surface area contributed by atoms with Crippen molar-refractivity contribution in [2.45, 2.75) is 6.92 Å². The van der Waals surface area contributed by atoms with Gasteiger partial charge in [0.25, 0.3) is 0 Å². The Morgan fingerprint density at radius 1 is 1.00 bits per heavy atom. The van der Waals surface area contributed by atoms with Gasteiger partial charge in [-0.15, -0.1) is 11.3 Å². The summed E-state index contributed by atoms with van der Waals surface area (Å²) < 4.78 is 4.68. The predicted octanol–water partition coefficient (Wildman–Crippen LogP) is 5.45. The Labute approximate surface area is 178 Å². The highest BCUT2D eigenvalue weighted by Crippen LogP contribution is 2.43. The van der Waals surface area contributed by atoms with E-state index >= 15 is 0 Å². The molecule has 5 aromatic rings. The average Bonchev–Trinajstić information content (AvgIpc) is 3.29. The summed E-state index contributed by atoms with van der Waals surface area (Å²) in [6.07, 6.45) is 7.80. The van der Waals surface area contributed by atoms with E-state index in [1.807, 2.05) is 31.2 Å². The first-order valence-electron chi connectivity index (χ1n) is 9.84. The van der Waals surface area contributed by atoms with Gasteiger partial charge in [-0.25, -0.2) is 0 Å². The highest BCUT2D eigenvalue weighted by molar-refractivity contribution is 7.26. The van der Waals surface area contributed by atoms with Gasteiger partial charge in [-0.3, -0.25) is 0 Å². The van der Waals surface area contributed by atoms with Crippen LogP contribution in [0.25, 0.3) is 47.7 Å². The van der Waals surface area contributed by atoms with Crippen LogP contribution in [0.5, 0.6) is 0 Å². The van der Waals surface area contributed by atoms with Crippen LogP contribution in [0, 0.1) is 0 Å². The lowest BCUT2D eigenvalue weighted by atomic mass is 9.80. The van der Waals surface area contributed by atoms with E-state index in [0.717, 1.165) is 27.5 Å². The number of aromatic nitrogens is 1. The van der Waals surface area contributed by atoms with Gasteiger partial charge in [0, 0.05) is 36.6 Å². The van der Waals surface area contributed by atoms with Gasteiger partial charge in [0.1, 0.15) is 0 Å². The molecule has 0 aliphatic carbocycles. The number of hydrogen-bond donors (Lipinski definition) is 2. The highest BCUT2D eigenvalue weighted by Gasteiger charge is 2.20. The van der Waals surface area contributed by atoms with Crippen LogP contribution in [-0.4, -0.2) is 21.7 Å². The first-order chi connectivity index (χ1) is 14.6. The molecule has 3 nitrogen and oxygen atoms in total. The zero-order valence-electron chi connectivity index (χ0n) is 16.5. The molecule has 5 heteroatoms. The van der Waals surface area contributed by atoms with Gasteiger partial charge in [-0.2, -0.15) is 0 Å². The summed E-state index contributed by atoms with van der Waals surface area (Å²) in [6, 6.07) is 18.4. The Morgan fingerprint density at radius 2 is 1.80 bits per heavy atom. The SMILES string of the molecule is C=C/C=C\C(=C/C)n1c2ccc(B(O)O)cc2c2c3sc4ccccc4c3ccc21. The molecule has 2 aromatic heterocycles. The van der Waals surface area contributed by atoms with Gasteiger partial charge in [-0.05, 0) is 36.7 Å². The van der Waals surface area contributed by atoms with Crippen LogP contribution < -0.4 is 5.46 Å². The van der Waals surface area contributed by atoms with Crippen molar-refractivity contribution in [3.8, 4) is 0 Å². The summed E-state index contributed by atoms with van der Waals surface area (Å²) in [6.45, 7) is 5.81. The van der Waals surface area contributed by atoms with Crippen LogP contribution in [0.1, 0.15) is 6.92 Å². The van der Waals surface area contributed by atoms with Crippen molar-refractivity contribution in [1.82, 2.24) is 4.57 Å². The minimum atomic E-state index is -1.50. The van der Waals surface area contributed by atoms with E-state index in [2.05, 4.69) is 53.6 Å². The molecule has 0 saturated carbocycles. The maximum absolute atomic E-state index is 9.78. The molecular formula is C25H20BNO2S. The lowest BCUT2D eigenvalue weighted by molar-refractivity contribution is 0.426. The fraction of sp³-hybridized carbons (Fsp3) is 0.0400. The van der Waals surface area contributed by atoms with E-state index in [9.17, 15) is 10.0 Å². The van der Waals surface area contributed by atoms with Crippen LogP contribution in [0.4, 0.5) is 0 Å². The number of allylic oxidation sites excluding steroid dienone is 5. The molecule has 0 atom stereocenters. The van der Waals surface area contributed by atoms with Crippen molar-refractivity contribution in [3.63, 3.8) is 0 Å². The Morgan fingerprint density at radius 3 is 2.57 bits per heavy atom. The summed E-state index contributed by atoms with van der Waals surface area (Å²) in [5.74, 6) is 0. The highest BCUT2D eigenvalue weighted by atomic mass is 32.1. The maximum atomic E-state index is 9.78. The molecule has 0 fully saturated rings. The first-order valence-corrected chi connectivity index (χ1v) is 10.7. The van der Waals surface area contributed by atoms with Crippen molar-refractivity contribution in [3.05, 3.63) is 85.5 Å². The van der Waals surface area contributed by atoms with Gasteiger partial charge in [0.05, 0.1) is 11.0 Å². The first kappa shape index (κ1) is 18.9. The number of benzene rings is 3. The molecule has 30 heavy (non-hydrogen) atoms. The van der Waals surface area contributed by atoms with Crippen molar-refractivity contribution in [2.24, 2.45) is 0 Å². The zero-order valence-corrected chi connectivity index (χ0v) is 17.4. The Balaban J connectivity index is 2.00. The third-order valence-corrected chi connectivity index (χ3v) is 6.76. The fourth-order valence-corrected chi connectivity index (χ4v) is 5.47. The third kappa shape index (κ3) is 2.75. The molecule has 0 aliphatic rings. The van der Waals surface area contributed by atoms with Crippen LogP contribution in [0.2, 0.25) is 0 Å². The summed E-state index contributed by atoms with van der Waals surface area (Å²) >= 11 is 1.78. The number of fused-ring (bicyclic) bond motifs is 7. The van der Waals surface area contributed by atoms with Gasteiger partial charge in [-0.1, -0.05) is 61.2 Å². The van der Waals surface area contributed by atoms with Crippen LogP contribution >= 0.6 is 11.3 Å². The van der Waals surface area contributed by atoms with Gasteiger partial charge in [0.15, 0.2) is 0 Å². The second-order valence-electron chi connectivity index (χ2n) is 7.23. The molecule has 5 rings (SSSR count). The second kappa shape index (κ2) is 7.29. The Bertz CT molecular complexity index is 1500. The quantitative estimate of drug-likeness (QED) is 0.307. The van der Waals surface area contributed by atoms with Gasteiger partial charge >= 0.3 is 7.12 Å². The summed E-state index contributed by atoms with van der Waals surface area (Å²) in [5.41, 5.74) is 3.65. The summed E-state index contributed by atoms with van der Waals surface area (Å²) in [5, 5.41) is 24.2. The molecule has 146 valence electrons. The van der Waals surface area contributed by atoms with E-state index in [1.54, 1.807) is 23.5 Å². The Hall–Kier alpha value is -3.12. The number of hydrogen-bond acceptors (Lipinski definition) is 3. The molecule has 0 saturated heterocycles. The van der Waals surface area contributed by atoms with E-state index in [4.69, 9.17) is 0 Å². The summed E-state index contributed by atoms with van der Waals surface area (Å²) in [4.78, 5) is 0. The van der Waals surface area contributed by atoms with Crippen molar-refractivity contribution >= 4 is 71.6 Å². The third-order valence-electron chi connectivity index (χ3n) is 5.55. The lowest BCUT2D eigenvalue weighted by Gasteiger charge is -2.09. The molecule has 0 spiro atoms. The topological polar surface area (TPSA) is 45.4 Å². The zero-order chi connectivity index (χ0) is 20.8. The smallest absolute Gasteiger partial charge is 0.423 e. The van der Waals surface area contributed by atoms with Crippen molar-refractivity contribution in [2.75, 3.05) is 0 Å². The number of nitrogens with zero attached hydrogens (tertiary/aromatic N) is 1. The van der Waals surface area contributed by atoms with Crippen LogP contribution in [-0.2, 0) is 0 Å². The predicted molar refractivity (Wildman–Crippen MR) is 131 cm³/mol. The van der Waals surface area contributed by atoms with Crippen LogP contribution in [0.3, 0.4) is 0 Å². The largest absolute Gasteiger partial charge is 0.488 e.